The van der Waals surface area contributed by atoms with E-state index in [2.05, 4.69) is 36.3 Å². The Balaban J connectivity index is 2.23. The maximum Gasteiger partial charge on any atom is 0.0794 e. The van der Waals surface area contributed by atoms with Gasteiger partial charge in [-0.1, -0.05) is 30.7 Å². The van der Waals surface area contributed by atoms with Gasteiger partial charge in [0.25, 0.3) is 0 Å². The fourth-order valence-electron chi connectivity index (χ4n) is 2.00. The highest BCUT2D eigenvalue weighted by molar-refractivity contribution is 7.09. The van der Waals surface area contributed by atoms with Crippen LogP contribution in [0, 0.1) is 6.92 Å². The van der Waals surface area contributed by atoms with Crippen molar-refractivity contribution in [1.82, 2.24) is 10.3 Å². The van der Waals surface area contributed by atoms with Gasteiger partial charge in [0.05, 0.1) is 5.51 Å². The molecule has 1 N–H and O–H groups in total. The molecular formula is C14H17ClN2S. The number of rotatable bonds is 5. The van der Waals surface area contributed by atoms with Crippen molar-refractivity contribution in [3.05, 3.63) is 50.9 Å². The van der Waals surface area contributed by atoms with Crippen LogP contribution in [0.25, 0.3) is 0 Å². The molecule has 1 aromatic carbocycles. The number of hydrogen-bond donors (Lipinski definition) is 1. The van der Waals surface area contributed by atoms with Gasteiger partial charge in [0.2, 0.25) is 0 Å². The number of nitrogens with one attached hydrogen (secondary N) is 1. The Hall–Kier alpha value is -0.900. The molecule has 1 atom stereocenters. The average Bonchev–Trinajstić information content (AvgIpc) is 2.81. The molecule has 0 fully saturated rings. The predicted octanol–water partition coefficient (Wildman–Crippen LogP) is 4.00. The van der Waals surface area contributed by atoms with E-state index in [0.29, 0.717) is 0 Å². The summed E-state index contributed by atoms with van der Waals surface area (Å²) < 4.78 is 0. The molecule has 2 nitrogen and oxygen atoms in total. The number of halogens is 1. The van der Waals surface area contributed by atoms with Gasteiger partial charge in [-0.25, -0.2) is 0 Å². The first-order valence-electron chi connectivity index (χ1n) is 6.07. The van der Waals surface area contributed by atoms with Gasteiger partial charge in [0, 0.05) is 28.6 Å². The number of aryl methyl sites for hydroxylation is 1. The SMILES string of the molecule is CCNC(Cc1cncs1)c1ccc(C)cc1Cl. The topological polar surface area (TPSA) is 24.9 Å². The molecule has 4 heteroatoms. The maximum absolute atomic E-state index is 6.35. The van der Waals surface area contributed by atoms with Crippen LogP contribution in [0.5, 0.6) is 0 Å². The molecule has 0 radical (unpaired) electrons. The second kappa shape index (κ2) is 6.32. The van der Waals surface area contributed by atoms with E-state index in [1.165, 1.54) is 10.4 Å². The standard InChI is InChI=1S/C14H17ClN2S/c1-3-17-14(7-11-8-16-9-18-11)12-5-4-10(2)6-13(12)15/h4-6,8-9,14,17H,3,7H2,1-2H3. The highest BCUT2D eigenvalue weighted by Gasteiger charge is 2.15. The van der Waals surface area contributed by atoms with Crippen molar-refractivity contribution in [3.8, 4) is 0 Å². The van der Waals surface area contributed by atoms with Crippen LogP contribution in [0.4, 0.5) is 0 Å². The molecule has 0 aliphatic carbocycles. The van der Waals surface area contributed by atoms with E-state index in [4.69, 9.17) is 11.6 Å². The highest BCUT2D eigenvalue weighted by Crippen LogP contribution is 2.27. The minimum atomic E-state index is 0.253. The lowest BCUT2D eigenvalue weighted by atomic mass is 10.0. The lowest BCUT2D eigenvalue weighted by Crippen LogP contribution is -2.23. The van der Waals surface area contributed by atoms with E-state index in [1.807, 2.05) is 17.8 Å². The van der Waals surface area contributed by atoms with Crippen molar-refractivity contribution in [2.75, 3.05) is 6.54 Å². The third-order valence-electron chi connectivity index (χ3n) is 2.87. The summed E-state index contributed by atoms with van der Waals surface area (Å²) in [7, 11) is 0. The van der Waals surface area contributed by atoms with E-state index in [0.717, 1.165) is 23.6 Å². The lowest BCUT2D eigenvalue weighted by molar-refractivity contribution is 0.553. The molecule has 0 saturated carbocycles. The van der Waals surface area contributed by atoms with Gasteiger partial charge in [0.15, 0.2) is 0 Å². The Morgan fingerprint density at radius 3 is 2.89 bits per heavy atom. The van der Waals surface area contributed by atoms with Gasteiger partial charge < -0.3 is 5.32 Å². The fraction of sp³-hybridized carbons (Fsp3) is 0.357. The van der Waals surface area contributed by atoms with Gasteiger partial charge in [-0.2, -0.15) is 0 Å². The Bertz CT molecular complexity index is 497. The zero-order chi connectivity index (χ0) is 13.0. The van der Waals surface area contributed by atoms with Crippen molar-refractivity contribution >= 4 is 22.9 Å². The van der Waals surface area contributed by atoms with Gasteiger partial charge >= 0.3 is 0 Å². The molecule has 0 aliphatic heterocycles. The van der Waals surface area contributed by atoms with Crippen LogP contribution < -0.4 is 5.32 Å². The number of likely N-dealkylation sites (N-methyl/N-ethyl adjacent to an activating group) is 1. The lowest BCUT2D eigenvalue weighted by Gasteiger charge is -2.19. The summed E-state index contributed by atoms with van der Waals surface area (Å²) in [4.78, 5) is 5.40. The molecule has 1 heterocycles. The number of aromatic nitrogens is 1. The minimum Gasteiger partial charge on any atom is -0.310 e. The maximum atomic E-state index is 6.35. The second-order valence-electron chi connectivity index (χ2n) is 4.31. The first-order valence-corrected chi connectivity index (χ1v) is 7.33. The fourth-order valence-corrected chi connectivity index (χ4v) is 3.01. The molecular weight excluding hydrogens is 264 g/mol. The van der Waals surface area contributed by atoms with Gasteiger partial charge in [-0.3, -0.25) is 4.98 Å². The monoisotopic (exact) mass is 280 g/mol. The smallest absolute Gasteiger partial charge is 0.0794 e. The number of hydrogen-bond acceptors (Lipinski definition) is 3. The summed E-state index contributed by atoms with van der Waals surface area (Å²) >= 11 is 8.03. The van der Waals surface area contributed by atoms with Gasteiger partial charge in [-0.05, 0) is 30.7 Å². The van der Waals surface area contributed by atoms with Crippen molar-refractivity contribution in [2.45, 2.75) is 26.3 Å². The van der Waals surface area contributed by atoms with Gasteiger partial charge in [-0.15, -0.1) is 11.3 Å². The number of benzene rings is 1. The normalized spacial score (nSPS) is 12.6. The Morgan fingerprint density at radius 2 is 2.28 bits per heavy atom. The summed E-state index contributed by atoms with van der Waals surface area (Å²) in [5.41, 5.74) is 4.23. The summed E-state index contributed by atoms with van der Waals surface area (Å²) in [6, 6.07) is 6.50. The molecule has 1 unspecified atom stereocenters. The number of thiazole rings is 1. The Morgan fingerprint density at radius 1 is 1.44 bits per heavy atom. The van der Waals surface area contributed by atoms with Crippen molar-refractivity contribution in [1.29, 1.82) is 0 Å². The molecule has 2 rings (SSSR count). The highest BCUT2D eigenvalue weighted by atomic mass is 35.5. The van der Waals surface area contributed by atoms with Crippen LogP contribution in [-0.4, -0.2) is 11.5 Å². The van der Waals surface area contributed by atoms with Crippen LogP contribution in [0.3, 0.4) is 0 Å². The van der Waals surface area contributed by atoms with E-state index in [1.54, 1.807) is 11.3 Å². The summed E-state index contributed by atoms with van der Waals surface area (Å²) in [6.07, 6.45) is 2.86. The molecule has 96 valence electrons. The molecule has 2 aromatic rings. The summed E-state index contributed by atoms with van der Waals surface area (Å²) in [5, 5.41) is 4.33. The molecule has 0 spiro atoms. The molecule has 0 aliphatic rings. The molecule has 0 bridgehead atoms. The first kappa shape index (κ1) is 13.5. The van der Waals surface area contributed by atoms with Crippen LogP contribution in [0.15, 0.2) is 29.9 Å². The van der Waals surface area contributed by atoms with Crippen LogP contribution in [0.2, 0.25) is 5.02 Å². The van der Waals surface area contributed by atoms with E-state index >= 15 is 0 Å². The van der Waals surface area contributed by atoms with Crippen molar-refractivity contribution in [3.63, 3.8) is 0 Å². The van der Waals surface area contributed by atoms with Crippen LogP contribution >= 0.6 is 22.9 Å². The Kier molecular flexibility index (Phi) is 4.75. The summed E-state index contributed by atoms with van der Waals surface area (Å²) in [5.74, 6) is 0. The molecule has 1 aromatic heterocycles. The predicted molar refractivity (Wildman–Crippen MR) is 78.4 cm³/mol. The number of nitrogens with zero attached hydrogens (tertiary/aromatic N) is 1. The van der Waals surface area contributed by atoms with E-state index in [9.17, 15) is 0 Å². The van der Waals surface area contributed by atoms with Gasteiger partial charge in [0.1, 0.15) is 0 Å². The van der Waals surface area contributed by atoms with Crippen molar-refractivity contribution in [2.24, 2.45) is 0 Å². The molecule has 18 heavy (non-hydrogen) atoms. The second-order valence-corrected chi connectivity index (χ2v) is 5.69. The third kappa shape index (κ3) is 3.31. The quantitative estimate of drug-likeness (QED) is 0.895. The first-order chi connectivity index (χ1) is 8.70. The Labute approximate surface area is 117 Å². The van der Waals surface area contributed by atoms with Crippen LogP contribution in [0.1, 0.15) is 29.0 Å². The average molecular weight is 281 g/mol. The zero-order valence-corrected chi connectivity index (χ0v) is 12.2. The van der Waals surface area contributed by atoms with E-state index < -0.39 is 0 Å². The van der Waals surface area contributed by atoms with E-state index in [-0.39, 0.29) is 6.04 Å². The zero-order valence-electron chi connectivity index (χ0n) is 10.6. The minimum absolute atomic E-state index is 0.253. The third-order valence-corrected chi connectivity index (χ3v) is 4.00. The van der Waals surface area contributed by atoms with Crippen LogP contribution in [-0.2, 0) is 6.42 Å². The van der Waals surface area contributed by atoms with Crippen molar-refractivity contribution < 1.29 is 0 Å². The molecule has 0 saturated heterocycles. The largest absolute Gasteiger partial charge is 0.310 e. The molecule has 0 amide bonds. The summed E-state index contributed by atoms with van der Waals surface area (Å²) in [6.45, 7) is 5.09.